The molecule has 2 saturated heterocycles. The Hall–Kier alpha value is -1.40. The number of halogens is 2. The smallest absolute Gasteiger partial charge is 0.233 e. The highest BCUT2D eigenvalue weighted by Gasteiger charge is 2.33. The molecule has 7 heteroatoms. The average Bonchev–Trinajstić information content (AvgIpc) is 3.33. The van der Waals surface area contributed by atoms with Crippen LogP contribution in [0.15, 0.2) is 42.5 Å². The molecule has 2 aromatic rings. The van der Waals surface area contributed by atoms with Crippen LogP contribution in [-0.2, 0) is 4.79 Å². The SMILES string of the molecule is O=C1CSC(c2cccc(Oc3ccc(Cl)c(Cl)c3)c2)N1CCN1CCCC1. The van der Waals surface area contributed by atoms with Crippen LogP contribution >= 0.6 is 35.0 Å². The first-order chi connectivity index (χ1) is 13.6. The summed E-state index contributed by atoms with van der Waals surface area (Å²) in [5.74, 6) is 2.09. The molecular formula is C21H22Cl2N2O2S. The van der Waals surface area contributed by atoms with Crippen molar-refractivity contribution in [1.82, 2.24) is 9.80 Å². The quantitative estimate of drug-likeness (QED) is 0.601. The van der Waals surface area contributed by atoms with Crippen LogP contribution in [0.3, 0.4) is 0 Å². The van der Waals surface area contributed by atoms with Gasteiger partial charge in [-0.2, -0.15) is 0 Å². The van der Waals surface area contributed by atoms with Crippen LogP contribution in [0.5, 0.6) is 11.5 Å². The van der Waals surface area contributed by atoms with Gasteiger partial charge >= 0.3 is 0 Å². The molecule has 4 rings (SSSR count). The minimum atomic E-state index is 0.0347. The molecule has 28 heavy (non-hydrogen) atoms. The highest BCUT2D eigenvalue weighted by Crippen LogP contribution is 2.40. The number of amides is 1. The molecule has 0 aromatic heterocycles. The molecule has 0 bridgehead atoms. The van der Waals surface area contributed by atoms with Gasteiger partial charge in [0.1, 0.15) is 16.9 Å². The standard InChI is InChI=1S/C21H22Cl2N2O2S/c22-18-7-6-17(13-19(18)23)27-16-5-3-4-15(12-16)21-25(20(26)14-28-21)11-10-24-8-1-2-9-24/h3-7,12-13,21H,1-2,8-11,14H2. The van der Waals surface area contributed by atoms with Gasteiger partial charge in [-0.1, -0.05) is 35.3 Å². The summed E-state index contributed by atoms with van der Waals surface area (Å²) in [6.07, 6.45) is 2.53. The number of hydrogen-bond acceptors (Lipinski definition) is 4. The van der Waals surface area contributed by atoms with Crippen molar-refractivity contribution in [1.29, 1.82) is 0 Å². The van der Waals surface area contributed by atoms with Gasteiger partial charge in [0.2, 0.25) is 5.91 Å². The zero-order chi connectivity index (χ0) is 19.5. The summed E-state index contributed by atoms with van der Waals surface area (Å²) in [6, 6.07) is 13.1. The van der Waals surface area contributed by atoms with Gasteiger partial charge in [0.25, 0.3) is 0 Å². The molecule has 1 amide bonds. The first-order valence-electron chi connectivity index (χ1n) is 9.46. The lowest BCUT2D eigenvalue weighted by Crippen LogP contribution is -2.36. The maximum atomic E-state index is 12.4. The van der Waals surface area contributed by atoms with Gasteiger partial charge in [-0.15, -0.1) is 11.8 Å². The molecule has 1 unspecified atom stereocenters. The maximum Gasteiger partial charge on any atom is 0.233 e. The van der Waals surface area contributed by atoms with E-state index < -0.39 is 0 Å². The van der Waals surface area contributed by atoms with Crippen LogP contribution in [0.2, 0.25) is 10.0 Å². The Labute approximate surface area is 179 Å². The second-order valence-electron chi connectivity index (χ2n) is 7.05. The lowest BCUT2D eigenvalue weighted by molar-refractivity contribution is -0.128. The van der Waals surface area contributed by atoms with E-state index in [1.807, 2.05) is 23.1 Å². The molecule has 2 aromatic carbocycles. The second-order valence-corrected chi connectivity index (χ2v) is 8.93. The number of carbonyl (C=O) groups excluding carboxylic acids is 1. The number of ether oxygens (including phenoxy) is 1. The molecule has 0 saturated carbocycles. The van der Waals surface area contributed by atoms with E-state index in [2.05, 4.69) is 11.0 Å². The van der Waals surface area contributed by atoms with Gasteiger partial charge in [0, 0.05) is 19.2 Å². The van der Waals surface area contributed by atoms with Crippen molar-refractivity contribution in [3.63, 3.8) is 0 Å². The molecule has 0 spiro atoms. The minimum absolute atomic E-state index is 0.0347. The zero-order valence-corrected chi connectivity index (χ0v) is 17.8. The molecule has 0 radical (unpaired) electrons. The summed E-state index contributed by atoms with van der Waals surface area (Å²) in [5.41, 5.74) is 1.08. The number of hydrogen-bond donors (Lipinski definition) is 0. The first-order valence-corrected chi connectivity index (χ1v) is 11.3. The summed E-state index contributed by atoms with van der Waals surface area (Å²) in [4.78, 5) is 16.9. The Bertz CT molecular complexity index is 858. The minimum Gasteiger partial charge on any atom is -0.457 e. The second kappa shape index (κ2) is 8.95. The lowest BCUT2D eigenvalue weighted by atomic mass is 10.2. The summed E-state index contributed by atoms with van der Waals surface area (Å²) in [5, 5.41) is 0.991. The molecule has 0 N–H and O–H groups in total. The van der Waals surface area contributed by atoms with Gasteiger partial charge in [0.15, 0.2) is 0 Å². The molecule has 2 fully saturated rings. The van der Waals surface area contributed by atoms with Gasteiger partial charge in [0.05, 0.1) is 15.8 Å². The van der Waals surface area contributed by atoms with E-state index in [0.29, 0.717) is 21.5 Å². The average molecular weight is 437 g/mol. The summed E-state index contributed by atoms with van der Waals surface area (Å²) in [7, 11) is 0. The Balaban J connectivity index is 1.47. The number of thioether (sulfide) groups is 1. The Kier molecular flexibility index (Phi) is 6.36. The molecule has 2 heterocycles. The van der Waals surface area contributed by atoms with Crippen LogP contribution in [0, 0.1) is 0 Å². The van der Waals surface area contributed by atoms with E-state index in [1.165, 1.54) is 12.8 Å². The van der Waals surface area contributed by atoms with Gasteiger partial charge < -0.3 is 14.5 Å². The van der Waals surface area contributed by atoms with Crippen molar-refractivity contribution in [2.45, 2.75) is 18.2 Å². The fourth-order valence-corrected chi connectivity index (χ4v) is 5.13. The molecule has 0 aliphatic carbocycles. The van der Waals surface area contributed by atoms with Crippen molar-refractivity contribution in [3.05, 3.63) is 58.1 Å². The third-order valence-corrected chi connectivity index (χ3v) is 7.09. The fraction of sp³-hybridized carbons (Fsp3) is 0.381. The van der Waals surface area contributed by atoms with Gasteiger partial charge in [-0.05, 0) is 55.8 Å². The van der Waals surface area contributed by atoms with Crippen molar-refractivity contribution >= 4 is 40.9 Å². The molecule has 2 aliphatic rings. The van der Waals surface area contributed by atoms with E-state index >= 15 is 0 Å². The van der Waals surface area contributed by atoms with E-state index in [0.717, 1.165) is 37.5 Å². The van der Waals surface area contributed by atoms with Crippen molar-refractivity contribution in [2.24, 2.45) is 0 Å². The highest BCUT2D eigenvalue weighted by atomic mass is 35.5. The first kappa shape index (κ1) is 19.9. The Morgan fingerprint density at radius 2 is 1.79 bits per heavy atom. The molecular weight excluding hydrogens is 415 g/mol. The molecule has 2 aliphatic heterocycles. The molecule has 1 atom stereocenters. The van der Waals surface area contributed by atoms with Crippen molar-refractivity contribution in [3.8, 4) is 11.5 Å². The van der Waals surface area contributed by atoms with Crippen LogP contribution < -0.4 is 4.74 Å². The molecule has 148 valence electrons. The summed E-state index contributed by atoms with van der Waals surface area (Å²) >= 11 is 13.7. The number of carbonyl (C=O) groups is 1. The van der Waals surface area contributed by atoms with Crippen LogP contribution in [0.4, 0.5) is 0 Å². The van der Waals surface area contributed by atoms with Crippen LogP contribution in [0.25, 0.3) is 0 Å². The summed E-state index contributed by atoms with van der Waals surface area (Å²) in [6.45, 7) is 4.01. The maximum absolute atomic E-state index is 12.4. The number of nitrogens with zero attached hydrogens (tertiary/aromatic N) is 2. The predicted octanol–water partition coefficient (Wildman–Crippen LogP) is 5.46. The summed E-state index contributed by atoms with van der Waals surface area (Å²) < 4.78 is 5.95. The Morgan fingerprint density at radius 1 is 1.00 bits per heavy atom. The lowest BCUT2D eigenvalue weighted by Gasteiger charge is -2.27. The number of likely N-dealkylation sites (tertiary alicyclic amines) is 1. The van der Waals surface area contributed by atoms with Gasteiger partial charge in [-0.3, -0.25) is 4.79 Å². The zero-order valence-electron chi connectivity index (χ0n) is 15.4. The van der Waals surface area contributed by atoms with Gasteiger partial charge in [-0.25, -0.2) is 0 Å². The van der Waals surface area contributed by atoms with E-state index in [-0.39, 0.29) is 11.3 Å². The third kappa shape index (κ3) is 4.60. The molecule has 4 nitrogen and oxygen atoms in total. The predicted molar refractivity (Wildman–Crippen MR) is 116 cm³/mol. The topological polar surface area (TPSA) is 32.8 Å². The fourth-order valence-electron chi connectivity index (χ4n) is 3.64. The normalized spacial score (nSPS) is 20.1. The van der Waals surface area contributed by atoms with E-state index in [4.69, 9.17) is 27.9 Å². The number of rotatable bonds is 6. The third-order valence-electron chi connectivity index (χ3n) is 5.09. The highest BCUT2D eigenvalue weighted by molar-refractivity contribution is 8.00. The van der Waals surface area contributed by atoms with Crippen molar-refractivity contribution in [2.75, 3.05) is 31.9 Å². The van der Waals surface area contributed by atoms with E-state index in [9.17, 15) is 4.79 Å². The van der Waals surface area contributed by atoms with Crippen LogP contribution in [-0.4, -0.2) is 47.6 Å². The monoisotopic (exact) mass is 436 g/mol. The number of benzene rings is 2. The van der Waals surface area contributed by atoms with E-state index in [1.54, 1.807) is 30.0 Å². The van der Waals surface area contributed by atoms with Crippen LogP contribution in [0.1, 0.15) is 23.8 Å². The van der Waals surface area contributed by atoms with Crippen molar-refractivity contribution < 1.29 is 9.53 Å². The Morgan fingerprint density at radius 3 is 2.57 bits per heavy atom. The largest absolute Gasteiger partial charge is 0.457 e.